The molecule has 0 radical (unpaired) electrons. The smallest absolute Gasteiger partial charge is 0.0708 e. The van der Waals surface area contributed by atoms with Crippen LogP contribution in [0.4, 0.5) is 0 Å². The third-order valence-corrected chi connectivity index (χ3v) is 6.60. The molecule has 1 aliphatic rings. The van der Waals surface area contributed by atoms with Crippen molar-refractivity contribution in [3.63, 3.8) is 0 Å². The molecule has 0 aliphatic heterocycles. The maximum atomic E-state index is 4.53. The summed E-state index contributed by atoms with van der Waals surface area (Å²) in [5, 5.41) is 7.65. The van der Waals surface area contributed by atoms with Crippen LogP contribution in [0.1, 0.15) is 11.1 Å². The van der Waals surface area contributed by atoms with Gasteiger partial charge >= 0.3 is 0 Å². The molecule has 2 nitrogen and oxygen atoms in total. The number of fused-ring (bicyclic) bond motifs is 9. The number of hydrogen-bond acceptors (Lipinski definition) is 2. The molecular weight excluding hydrogens is 364 g/mol. The standard InChI is InChI=1S/C28H18N2/c1-3-21-23-13-17-5-6-18-14-24-20(8-10-28-22(24)4-2-12-30-28)16-26(18)25(17)15-19(23)7-9-27(21)29-11-1/h1-4,7-16H,5-6H2. The minimum absolute atomic E-state index is 1.06. The van der Waals surface area contributed by atoms with Gasteiger partial charge in [-0.05, 0) is 105 Å². The molecule has 2 heterocycles. The highest BCUT2D eigenvalue weighted by Crippen LogP contribution is 2.40. The lowest BCUT2D eigenvalue weighted by Gasteiger charge is -2.22. The van der Waals surface area contributed by atoms with E-state index in [1.54, 1.807) is 0 Å². The summed E-state index contributed by atoms with van der Waals surface area (Å²) >= 11 is 0. The van der Waals surface area contributed by atoms with Crippen molar-refractivity contribution >= 4 is 43.4 Å². The predicted molar refractivity (Wildman–Crippen MR) is 125 cm³/mol. The molecule has 6 aromatic rings. The Morgan fingerprint density at radius 1 is 0.500 bits per heavy atom. The molecule has 140 valence electrons. The second-order valence-corrected chi connectivity index (χ2v) is 8.23. The van der Waals surface area contributed by atoms with Crippen molar-refractivity contribution in [2.45, 2.75) is 12.8 Å². The maximum Gasteiger partial charge on any atom is 0.0708 e. The lowest BCUT2D eigenvalue weighted by atomic mass is 9.82. The van der Waals surface area contributed by atoms with E-state index in [1.807, 2.05) is 24.5 Å². The summed E-state index contributed by atoms with van der Waals surface area (Å²) in [4.78, 5) is 9.07. The third kappa shape index (κ3) is 2.19. The van der Waals surface area contributed by atoms with Crippen LogP contribution in [0.3, 0.4) is 0 Å². The van der Waals surface area contributed by atoms with Gasteiger partial charge in [0.15, 0.2) is 0 Å². The second-order valence-electron chi connectivity index (χ2n) is 8.23. The normalized spacial score (nSPS) is 13.1. The molecule has 2 heteroatoms. The number of hydrogen-bond donors (Lipinski definition) is 0. The number of aromatic nitrogens is 2. The molecule has 0 amide bonds. The van der Waals surface area contributed by atoms with Gasteiger partial charge in [0, 0.05) is 23.2 Å². The lowest BCUT2D eigenvalue weighted by Crippen LogP contribution is -2.04. The number of rotatable bonds is 0. The molecule has 0 fully saturated rings. The summed E-state index contributed by atoms with van der Waals surface area (Å²) < 4.78 is 0. The van der Waals surface area contributed by atoms with Gasteiger partial charge in [-0.3, -0.25) is 9.97 Å². The van der Waals surface area contributed by atoms with Crippen LogP contribution >= 0.6 is 0 Å². The molecule has 0 saturated carbocycles. The van der Waals surface area contributed by atoms with Crippen LogP contribution in [0.2, 0.25) is 0 Å². The predicted octanol–water partition coefficient (Wildman–Crippen LogP) is 6.86. The molecule has 30 heavy (non-hydrogen) atoms. The van der Waals surface area contributed by atoms with Crippen LogP contribution in [0, 0.1) is 0 Å². The van der Waals surface area contributed by atoms with Gasteiger partial charge in [-0.1, -0.05) is 24.3 Å². The van der Waals surface area contributed by atoms with E-state index >= 15 is 0 Å². The fraction of sp³-hybridized carbons (Fsp3) is 0.0714. The van der Waals surface area contributed by atoms with Gasteiger partial charge in [-0.25, -0.2) is 0 Å². The molecule has 0 atom stereocenters. The number of nitrogens with zero attached hydrogens (tertiary/aromatic N) is 2. The quantitative estimate of drug-likeness (QED) is 0.268. The van der Waals surface area contributed by atoms with E-state index in [1.165, 1.54) is 54.6 Å². The highest BCUT2D eigenvalue weighted by Gasteiger charge is 2.19. The van der Waals surface area contributed by atoms with Crippen molar-refractivity contribution in [1.29, 1.82) is 0 Å². The van der Waals surface area contributed by atoms with Gasteiger partial charge in [0.25, 0.3) is 0 Å². The molecule has 0 bridgehead atoms. The molecule has 2 aromatic heterocycles. The first-order chi connectivity index (χ1) is 14.8. The monoisotopic (exact) mass is 382 g/mol. The molecule has 7 rings (SSSR count). The largest absolute Gasteiger partial charge is 0.256 e. The number of aryl methyl sites for hydroxylation is 2. The van der Waals surface area contributed by atoms with Crippen molar-refractivity contribution in [3.8, 4) is 11.1 Å². The van der Waals surface area contributed by atoms with Gasteiger partial charge in [0.05, 0.1) is 11.0 Å². The first kappa shape index (κ1) is 16.1. The van der Waals surface area contributed by atoms with Crippen molar-refractivity contribution in [3.05, 3.63) is 96.3 Å². The second kappa shape index (κ2) is 5.87. The fourth-order valence-electron chi connectivity index (χ4n) is 5.14. The van der Waals surface area contributed by atoms with Crippen molar-refractivity contribution in [1.82, 2.24) is 9.97 Å². The Morgan fingerprint density at radius 3 is 1.50 bits per heavy atom. The Bertz CT molecular complexity index is 1520. The third-order valence-electron chi connectivity index (χ3n) is 6.60. The first-order valence-electron chi connectivity index (χ1n) is 10.5. The van der Waals surface area contributed by atoms with Crippen LogP contribution < -0.4 is 0 Å². The Morgan fingerprint density at radius 2 is 1.00 bits per heavy atom. The minimum atomic E-state index is 1.06. The lowest BCUT2D eigenvalue weighted by molar-refractivity contribution is 0.947. The molecule has 1 aliphatic carbocycles. The van der Waals surface area contributed by atoms with Gasteiger partial charge < -0.3 is 0 Å². The zero-order chi connectivity index (χ0) is 19.7. The van der Waals surface area contributed by atoms with Crippen LogP contribution in [0.15, 0.2) is 85.2 Å². The molecule has 0 N–H and O–H groups in total. The van der Waals surface area contributed by atoms with E-state index in [4.69, 9.17) is 0 Å². The Labute approximate surface area is 173 Å². The van der Waals surface area contributed by atoms with Crippen LogP contribution in [0.5, 0.6) is 0 Å². The van der Waals surface area contributed by atoms with Crippen LogP contribution in [-0.2, 0) is 12.8 Å². The summed E-state index contributed by atoms with van der Waals surface area (Å²) in [5.41, 5.74) is 7.75. The van der Waals surface area contributed by atoms with Crippen LogP contribution in [-0.4, -0.2) is 9.97 Å². The molecular formula is C28H18N2. The Hall–Kier alpha value is -3.78. The van der Waals surface area contributed by atoms with E-state index in [2.05, 4.69) is 70.6 Å². The first-order valence-corrected chi connectivity index (χ1v) is 10.5. The van der Waals surface area contributed by atoms with Gasteiger partial charge in [0.2, 0.25) is 0 Å². The van der Waals surface area contributed by atoms with E-state index in [0.29, 0.717) is 0 Å². The maximum absolute atomic E-state index is 4.53. The summed E-state index contributed by atoms with van der Waals surface area (Å²) in [6.45, 7) is 0. The zero-order valence-electron chi connectivity index (χ0n) is 16.4. The summed E-state index contributed by atoms with van der Waals surface area (Å²) in [6, 6.07) is 26.6. The molecule has 4 aromatic carbocycles. The summed E-state index contributed by atoms with van der Waals surface area (Å²) in [7, 11) is 0. The van der Waals surface area contributed by atoms with Crippen molar-refractivity contribution in [2.24, 2.45) is 0 Å². The Kier molecular flexibility index (Phi) is 3.14. The van der Waals surface area contributed by atoms with Crippen molar-refractivity contribution < 1.29 is 0 Å². The summed E-state index contributed by atoms with van der Waals surface area (Å²) in [5.74, 6) is 0. The molecule has 0 saturated heterocycles. The Balaban J connectivity index is 1.52. The van der Waals surface area contributed by atoms with Crippen molar-refractivity contribution in [2.75, 3.05) is 0 Å². The highest BCUT2D eigenvalue weighted by atomic mass is 14.6. The van der Waals surface area contributed by atoms with Gasteiger partial charge in [0.1, 0.15) is 0 Å². The summed E-state index contributed by atoms with van der Waals surface area (Å²) in [6.07, 6.45) is 5.88. The van der Waals surface area contributed by atoms with Crippen LogP contribution in [0.25, 0.3) is 54.5 Å². The number of pyridine rings is 2. The number of benzene rings is 4. The molecule has 0 unspecified atom stereocenters. The van der Waals surface area contributed by atoms with E-state index < -0.39 is 0 Å². The zero-order valence-corrected chi connectivity index (χ0v) is 16.4. The fourth-order valence-corrected chi connectivity index (χ4v) is 5.14. The topological polar surface area (TPSA) is 25.8 Å². The van der Waals surface area contributed by atoms with E-state index in [9.17, 15) is 0 Å². The molecule has 0 spiro atoms. The van der Waals surface area contributed by atoms with E-state index in [-0.39, 0.29) is 0 Å². The van der Waals surface area contributed by atoms with E-state index in [0.717, 1.165) is 23.9 Å². The van der Waals surface area contributed by atoms with Gasteiger partial charge in [-0.2, -0.15) is 0 Å². The highest BCUT2D eigenvalue weighted by molar-refractivity contribution is 6.10. The average molecular weight is 382 g/mol. The average Bonchev–Trinajstić information content (AvgIpc) is 2.81. The SMILES string of the molecule is c1cnc2ccc3cc4c(cc3c2c1)CCc1cc2c(ccc3ncccc32)cc1-4. The minimum Gasteiger partial charge on any atom is -0.256 e. The van der Waals surface area contributed by atoms with Gasteiger partial charge in [-0.15, -0.1) is 0 Å².